The summed E-state index contributed by atoms with van der Waals surface area (Å²) >= 11 is 3.26. The summed E-state index contributed by atoms with van der Waals surface area (Å²) in [5.74, 6) is -0.279. The second kappa shape index (κ2) is 4.58. The molecule has 0 radical (unpaired) electrons. The summed E-state index contributed by atoms with van der Waals surface area (Å²) in [6, 6.07) is 4.73. The third-order valence-electron chi connectivity index (χ3n) is 1.75. The van der Waals surface area contributed by atoms with Gasteiger partial charge in [0.2, 0.25) is 0 Å². The Bertz CT molecular complexity index is 293. The molecule has 0 aliphatic rings. The first-order valence-electron chi connectivity index (χ1n) is 3.92. The van der Waals surface area contributed by atoms with Gasteiger partial charge in [0.1, 0.15) is 5.82 Å². The van der Waals surface area contributed by atoms with Gasteiger partial charge in [0.15, 0.2) is 0 Å². The lowest BCUT2D eigenvalue weighted by Crippen LogP contribution is -2.22. The SMILES string of the molecule is CN(CCO)c1cc(Br)ccc1F. The van der Waals surface area contributed by atoms with Gasteiger partial charge in [0.25, 0.3) is 0 Å². The lowest BCUT2D eigenvalue weighted by Gasteiger charge is -2.18. The summed E-state index contributed by atoms with van der Waals surface area (Å²) in [6.07, 6.45) is 0. The Hall–Kier alpha value is -0.610. The van der Waals surface area contributed by atoms with E-state index in [0.717, 1.165) is 4.47 Å². The maximum absolute atomic E-state index is 13.2. The average molecular weight is 248 g/mol. The van der Waals surface area contributed by atoms with Crippen molar-refractivity contribution in [3.05, 3.63) is 28.5 Å². The van der Waals surface area contributed by atoms with Crippen LogP contribution in [0.25, 0.3) is 0 Å². The fourth-order valence-corrected chi connectivity index (χ4v) is 1.40. The number of rotatable bonds is 3. The molecule has 0 atom stereocenters. The fourth-order valence-electron chi connectivity index (χ4n) is 1.05. The van der Waals surface area contributed by atoms with Crippen LogP contribution in [0, 0.1) is 5.82 Å². The van der Waals surface area contributed by atoms with Crippen LogP contribution < -0.4 is 4.90 Å². The zero-order valence-electron chi connectivity index (χ0n) is 7.30. The van der Waals surface area contributed by atoms with Gasteiger partial charge in [0, 0.05) is 18.1 Å². The normalized spacial score (nSPS) is 10.2. The van der Waals surface area contributed by atoms with Crippen molar-refractivity contribution in [2.45, 2.75) is 0 Å². The molecule has 2 nitrogen and oxygen atoms in total. The van der Waals surface area contributed by atoms with E-state index in [-0.39, 0.29) is 12.4 Å². The maximum atomic E-state index is 13.2. The molecule has 0 aromatic heterocycles. The second-order valence-corrected chi connectivity index (χ2v) is 3.66. The molecule has 0 unspecified atom stereocenters. The van der Waals surface area contributed by atoms with E-state index >= 15 is 0 Å². The number of hydrogen-bond donors (Lipinski definition) is 1. The summed E-state index contributed by atoms with van der Waals surface area (Å²) in [4.78, 5) is 1.67. The minimum absolute atomic E-state index is 0.0163. The molecule has 0 spiro atoms. The van der Waals surface area contributed by atoms with E-state index in [4.69, 9.17) is 5.11 Å². The third-order valence-corrected chi connectivity index (χ3v) is 2.25. The molecule has 0 amide bonds. The fraction of sp³-hybridized carbons (Fsp3) is 0.333. The Balaban J connectivity index is 2.91. The molecule has 0 saturated heterocycles. The van der Waals surface area contributed by atoms with E-state index in [2.05, 4.69) is 15.9 Å². The molecular formula is C9H11BrFNO. The molecule has 72 valence electrons. The minimum Gasteiger partial charge on any atom is -0.395 e. The highest BCUT2D eigenvalue weighted by Crippen LogP contribution is 2.22. The van der Waals surface area contributed by atoms with Crippen LogP contribution in [-0.2, 0) is 0 Å². The monoisotopic (exact) mass is 247 g/mol. The number of hydrogen-bond acceptors (Lipinski definition) is 2. The van der Waals surface area contributed by atoms with Crippen LogP contribution in [0.3, 0.4) is 0 Å². The van der Waals surface area contributed by atoms with Crippen molar-refractivity contribution in [1.82, 2.24) is 0 Å². The minimum atomic E-state index is -0.279. The number of aliphatic hydroxyl groups is 1. The lowest BCUT2D eigenvalue weighted by atomic mass is 10.3. The van der Waals surface area contributed by atoms with Crippen molar-refractivity contribution in [1.29, 1.82) is 0 Å². The molecule has 1 rings (SSSR count). The quantitative estimate of drug-likeness (QED) is 0.884. The van der Waals surface area contributed by atoms with E-state index in [1.54, 1.807) is 24.1 Å². The number of anilines is 1. The lowest BCUT2D eigenvalue weighted by molar-refractivity contribution is 0.304. The number of benzene rings is 1. The van der Waals surface area contributed by atoms with Gasteiger partial charge in [-0.3, -0.25) is 0 Å². The molecule has 1 aromatic rings. The summed E-state index contributed by atoms with van der Waals surface area (Å²) < 4.78 is 14.0. The molecule has 1 aromatic carbocycles. The zero-order chi connectivity index (χ0) is 9.84. The molecule has 0 aliphatic heterocycles. The van der Waals surface area contributed by atoms with Crippen molar-refractivity contribution in [3.63, 3.8) is 0 Å². The molecule has 0 bridgehead atoms. The number of halogens is 2. The van der Waals surface area contributed by atoms with Crippen molar-refractivity contribution in [2.75, 3.05) is 25.1 Å². The predicted octanol–water partition coefficient (Wildman–Crippen LogP) is 2.02. The van der Waals surface area contributed by atoms with E-state index in [9.17, 15) is 4.39 Å². The summed E-state index contributed by atoms with van der Waals surface area (Å²) in [5, 5.41) is 8.68. The van der Waals surface area contributed by atoms with Crippen LogP contribution >= 0.6 is 15.9 Å². The highest BCUT2D eigenvalue weighted by molar-refractivity contribution is 9.10. The predicted molar refractivity (Wildman–Crippen MR) is 54.5 cm³/mol. The van der Waals surface area contributed by atoms with E-state index in [0.29, 0.717) is 12.2 Å². The average Bonchev–Trinajstić information content (AvgIpc) is 2.09. The second-order valence-electron chi connectivity index (χ2n) is 2.74. The molecule has 0 saturated carbocycles. The van der Waals surface area contributed by atoms with Gasteiger partial charge in [-0.05, 0) is 18.2 Å². The van der Waals surface area contributed by atoms with E-state index in [1.165, 1.54) is 6.07 Å². The van der Waals surface area contributed by atoms with Gasteiger partial charge in [0.05, 0.1) is 12.3 Å². The molecule has 4 heteroatoms. The van der Waals surface area contributed by atoms with Gasteiger partial charge in [-0.1, -0.05) is 15.9 Å². The first-order chi connectivity index (χ1) is 6.15. The van der Waals surface area contributed by atoms with E-state index in [1.807, 2.05) is 0 Å². The molecule has 0 aliphatic carbocycles. The van der Waals surface area contributed by atoms with Gasteiger partial charge >= 0.3 is 0 Å². The molecule has 13 heavy (non-hydrogen) atoms. The molecule has 1 N–H and O–H groups in total. The van der Waals surface area contributed by atoms with Crippen molar-refractivity contribution < 1.29 is 9.50 Å². The molecular weight excluding hydrogens is 237 g/mol. The van der Waals surface area contributed by atoms with Crippen molar-refractivity contribution >= 4 is 21.6 Å². The van der Waals surface area contributed by atoms with Gasteiger partial charge < -0.3 is 10.0 Å². The summed E-state index contributed by atoms with van der Waals surface area (Å²) in [6.45, 7) is 0.440. The standard InChI is InChI=1S/C9H11BrFNO/c1-12(4-5-13)9-6-7(10)2-3-8(9)11/h2-3,6,13H,4-5H2,1H3. The third kappa shape index (κ3) is 2.67. The molecule has 0 heterocycles. The van der Waals surface area contributed by atoms with Crippen LogP contribution in [0.2, 0.25) is 0 Å². The van der Waals surface area contributed by atoms with Gasteiger partial charge in [-0.15, -0.1) is 0 Å². The topological polar surface area (TPSA) is 23.5 Å². The zero-order valence-corrected chi connectivity index (χ0v) is 8.88. The Morgan fingerprint density at radius 2 is 2.23 bits per heavy atom. The van der Waals surface area contributed by atoms with E-state index < -0.39 is 0 Å². The summed E-state index contributed by atoms with van der Waals surface area (Å²) in [5.41, 5.74) is 0.489. The first-order valence-corrected chi connectivity index (χ1v) is 4.71. The van der Waals surface area contributed by atoms with Gasteiger partial charge in [-0.25, -0.2) is 4.39 Å². The Labute approximate surface area is 85.1 Å². The van der Waals surface area contributed by atoms with Crippen LogP contribution in [0.5, 0.6) is 0 Å². The number of likely N-dealkylation sites (N-methyl/N-ethyl adjacent to an activating group) is 1. The van der Waals surface area contributed by atoms with Crippen LogP contribution in [0.15, 0.2) is 22.7 Å². The number of aliphatic hydroxyl groups excluding tert-OH is 1. The largest absolute Gasteiger partial charge is 0.395 e. The number of nitrogens with zero attached hydrogens (tertiary/aromatic N) is 1. The molecule has 0 fully saturated rings. The van der Waals surface area contributed by atoms with Crippen molar-refractivity contribution in [3.8, 4) is 0 Å². The Morgan fingerprint density at radius 1 is 1.54 bits per heavy atom. The highest BCUT2D eigenvalue weighted by atomic mass is 79.9. The smallest absolute Gasteiger partial charge is 0.146 e. The van der Waals surface area contributed by atoms with Crippen LogP contribution in [0.1, 0.15) is 0 Å². The highest BCUT2D eigenvalue weighted by Gasteiger charge is 2.06. The Kier molecular flexibility index (Phi) is 3.69. The Morgan fingerprint density at radius 3 is 2.85 bits per heavy atom. The van der Waals surface area contributed by atoms with Crippen LogP contribution in [-0.4, -0.2) is 25.3 Å². The van der Waals surface area contributed by atoms with Gasteiger partial charge in [-0.2, -0.15) is 0 Å². The van der Waals surface area contributed by atoms with Crippen molar-refractivity contribution in [2.24, 2.45) is 0 Å². The van der Waals surface area contributed by atoms with Crippen LogP contribution in [0.4, 0.5) is 10.1 Å². The maximum Gasteiger partial charge on any atom is 0.146 e. The first kappa shape index (κ1) is 10.5. The summed E-state index contributed by atoms with van der Waals surface area (Å²) in [7, 11) is 1.74.